The number of nitrogens with zero attached hydrogens (tertiary/aromatic N) is 2. The van der Waals surface area contributed by atoms with Crippen LogP contribution >= 0.6 is 0 Å². The summed E-state index contributed by atoms with van der Waals surface area (Å²) in [6, 6.07) is 3.47. The second-order valence-corrected chi connectivity index (χ2v) is 2.51. The van der Waals surface area contributed by atoms with Gasteiger partial charge in [-0.25, -0.2) is 4.98 Å². The van der Waals surface area contributed by atoms with E-state index in [9.17, 15) is 0 Å². The van der Waals surface area contributed by atoms with Crippen molar-refractivity contribution in [3.05, 3.63) is 36.5 Å². The van der Waals surface area contributed by atoms with Crippen LogP contribution in [0.15, 0.2) is 35.1 Å². The zero-order valence-electron chi connectivity index (χ0n) is 6.84. The molecule has 13 heavy (non-hydrogen) atoms. The molecule has 0 saturated carbocycles. The molecule has 0 atom stereocenters. The molecule has 0 aliphatic heterocycles. The van der Waals surface area contributed by atoms with E-state index in [0.29, 0.717) is 17.2 Å². The molecule has 2 aromatic heterocycles. The van der Waals surface area contributed by atoms with Crippen molar-refractivity contribution in [2.75, 3.05) is 0 Å². The van der Waals surface area contributed by atoms with E-state index in [4.69, 9.17) is 9.52 Å². The Kier molecular flexibility index (Phi) is 2.06. The molecule has 0 bridgehead atoms. The predicted molar refractivity (Wildman–Crippen MR) is 45.7 cm³/mol. The summed E-state index contributed by atoms with van der Waals surface area (Å²) in [6.45, 7) is -0.0970. The van der Waals surface area contributed by atoms with Crippen LogP contribution in [0, 0.1) is 0 Å². The molecule has 2 rings (SSSR count). The Morgan fingerprint density at radius 1 is 1.31 bits per heavy atom. The van der Waals surface area contributed by atoms with Crippen LogP contribution in [-0.2, 0) is 6.61 Å². The Labute approximate surface area is 74.9 Å². The number of hydrogen-bond donors (Lipinski definition) is 1. The van der Waals surface area contributed by atoms with Gasteiger partial charge in [0, 0.05) is 12.4 Å². The Morgan fingerprint density at radius 3 is 2.85 bits per heavy atom. The molecule has 4 heteroatoms. The first kappa shape index (κ1) is 7.94. The molecule has 0 aliphatic carbocycles. The molecule has 4 nitrogen and oxygen atoms in total. The Bertz CT molecular complexity index is 384. The van der Waals surface area contributed by atoms with Gasteiger partial charge in [0.15, 0.2) is 5.76 Å². The summed E-state index contributed by atoms with van der Waals surface area (Å²) >= 11 is 0. The molecule has 0 fully saturated rings. The second-order valence-electron chi connectivity index (χ2n) is 2.51. The summed E-state index contributed by atoms with van der Waals surface area (Å²) in [5.41, 5.74) is 0.669. The largest absolute Gasteiger partial charge is 0.457 e. The minimum Gasteiger partial charge on any atom is -0.457 e. The summed E-state index contributed by atoms with van der Waals surface area (Å²) in [7, 11) is 0. The van der Waals surface area contributed by atoms with Gasteiger partial charge in [0.2, 0.25) is 0 Å². The summed E-state index contributed by atoms with van der Waals surface area (Å²) < 4.78 is 5.27. The van der Waals surface area contributed by atoms with Crippen LogP contribution in [0.3, 0.4) is 0 Å². The van der Waals surface area contributed by atoms with Crippen molar-refractivity contribution in [1.82, 2.24) is 9.97 Å². The Balaban J connectivity index is 2.36. The van der Waals surface area contributed by atoms with Crippen LogP contribution in [0.1, 0.15) is 5.76 Å². The molecular weight excluding hydrogens is 168 g/mol. The van der Waals surface area contributed by atoms with Gasteiger partial charge in [-0.3, -0.25) is 4.98 Å². The van der Waals surface area contributed by atoms with Crippen LogP contribution in [0.4, 0.5) is 0 Å². The highest BCUT2D eigenvalue weighted by molar-refractivity contribution is 5.50. The first-order chi connectivity index (χ1) is 6.40. The van der Waals surface area contributed by atoms with Gasteiger partial charge in [-0.05, 0) is 12.1 Å². The molecule has 0 unspecified atom stereocenters. The average molecular weight is 176 g/mol. The van der Waals surface area contributed by atoms with E-state index in [2.05, 4.69) is 9.97 Å². The quantitative estimate of drug-likeness (QED) is 0.747. The van der Waals surface area contributed by atoms with E-state index in [0.717, 1.165) is 0 Å². The standard InChI is InChI=1S/C9H8N2O2/c12-6-7-1-2-9(13-7)8-5-10-3-4-11-8/h1-5,12H,6H2. The molecular formula is C9H8N2O2. The number of furan rings is 1. The lowest BCUT2D eigenvalue weighted by Crippen LogP contribution is -1.81. The first-order valence-electron chi connectivity index (χ1n) is 3.86. The van der Waals surface area contributed by atoms with E-state index >= 15 is 0 Å². The third kappa shape index (κ3) is 1.57. The molecule has 2 heterocycles. The Morgan fingerprint density at radius 2 is 2.23 bits per heavy atom. The van der Waals surface area contributed by atoms with Crippen LogP contribution < -0.4 is 0 Å². The molecule has 2 aromatic rings. The number of aromatic nitrogens is 2. The predicted octanol–water partition coefficient (Wildman–Crippen LogP) is 1.23. The zero-order valence-corrected chi connectivity index (χ0v) is 6.84. The van der Waals surface area contributed by atoms with Crippen molar-refractivity contribution in [2.45, 2.75) is 6.61 Å². The third-order valence-corrected chi connectivity index (χ3v) is 1.63. The van der Waals surface area contributed by atoms with E-state index < -0.39 is 0 Å². The SMILES string of the molecule is OCc1ccc(-c2cnccn2)o1. The van der Waals surface area contributed by atoms with Crippen molar-refractivity contribution < 1.29 is 9.52 Å². The number of aliphatic hydroxyl groups excluding tert-OH is 1. The highest BCUT2D eigenvalue weighted by Gasteiger charge is 2.04. The van der Waals surface area contributed by atoms with Crippen LogP contribution in [0.5, 0.6) is 0 Å². The molecule has 0 saturated heterocycles. The van der Waals surface area contributed by atoms with Gasteiger partial charge >= 0.3 is 0 Å². The third-order valence-electron chi connectivity index (χ3n) is 1.63. The number of aliphatic hydroxyl groups is 1. The molecule has 66 valence electrons. The van der Waals surface area contributed by atoms with Gasteiger partial charge in [-0.15, -0.1) is 0 Å². The monoisotopic (exact) mass is 176 g/mol. The van der Waals surface area contributed by atoms with E-state index in [1.807, 2.05) is 0 Å². The van der Waals surface area contributed by atoms with Gasteiger partial charge in [0.25, 0.3) is 0 Å². The lowest BCUT2D eigenvalue weighted by molar-refractivity contribution is 0.248. The van der Waals surface area contributed by atoms with Gasteiger partial charge in [0.05, 0.1) is 6.20 Å². The second kappa shape index (κ2) is 3.37. The maximum absolute atomic E-state index is 8.77. The molecule has 0 spiro atoms. The van der Waals surface area contributed by atoms with Crippen molar-refractivity contribution >= 4 is 0 Å². The van der Waals surface area contributed by atoms with Gasteiger partial charge in [-0.2, -0.15) is 0 Å². The normalized spacial score (nSPS) is 10.2. The average Bonchev–Trinajstić information content (AvgIpc) is 2.67. The van der Waals surface area contributed by atoms with Gasteiger partial charge < -0.3 is 9.52 Å². The summed E-state index contributed by atoms with van der Waals surface area (Å²) in [6.07, 6.45) is 4.80. The lowest BCUT2D eigenvalue weighted by Gasteiger charge is -1.92. The van der Waals surface area contributed by atoms with E-state index in [-0.39, 0.29) is 6.61 Å². The summed E-state index contributed by atoms with van der Waals surface area (Å²) in [4.78, 5) is 7.97. The van der Waals surface area contributed by atoms with Crippen LogP contribution in [-0.4, -0.2) is 15.1 Å². The van der Waals surface area contributed by atoms with E-state index in [1.54, 1.807) is 30.7 Å². The number of rotatable bonds is 2. The Hall–Kier alpha value is -1.68. The molecule has 0 aliphatic rings. The van der Waals surface area contributed by atoms with Crippen molar-refractivity contribution in [2.24, 2.45) is 0 Å². The highest BCUT2D eigenvalue weighted by Crippen LogP contribution is 2.18. The van der Waals surface area contributed by atoms with Crippen LogP contribution in [0.2, 0.25) is 0 Å². The summed E-state index contributed by atoms with van der Waals surface area (Å²) in [5, 5.41) is 8.77. The van der Waals surface area contributed by atoms with Gasteiger partial charge in [-0.1, -0.05) is 0 Å². The minimum absolute atomic E-state index is 0.0970. The van der Waals surface area contributed by atoms with Crippen molar-refractivity contribution in [1.29, 1.82) is 0 Å². The fraction of sp³-hybridized carbons (Fsp3) is 0.111. The zero-order chi connectivity index (χ0) is 9.10. The molecule has 0 aromatic carbocycles. The maximum atomic E-state index is 8.77. The lowest BCUT2D eigenvalue weighted by atomic mass is 10.3. The molecule has 0 radical (unpaired) electrons. The minimum atomic E-state index is -0.0970. The maximum Gasteiger partial charge on any atom is 0.154 e. The first-order valence-corrected chi connectivity index (χ1v) is 3.86. The topological polar surface area (TPSA) is 59.2 Å². The van der Waals surface area contributed by atoms with Gasteiger partial charge in [0.1, 0.15) is 18.1 Å². The molecule has 0 amide bonds. The highest BCUT2D eigenvalue weighted by atomic mass is 16.4. The summed E-state index contributed by atoms with van der Waals surface area (Å²) in [5.74, 6) is 1.15. The smallest absolute Gasteiger partial charge is 0.154 e. The molecule has 1 N–H and O–H groups in total. The fourth-order valence-electron chi connectivity index (χ4n) is 1.03. The van der Waals surface area contributed by atoms with Crippen molar-refractivity contribution in [3.63, 3.8) is 0 Å². The van der Waals surface area contributed by atoms with Crippen LogP contribution in [0.25, 0.3) is 11.5 Å². The fourth-order valence-corrected chi connectivity index (χ4v) is 1.03. The number of hydrogen-bond acceptors (Lipinski definition) is 4. The van der Waals surface area contributed by atoms with E-state index in [1.165, 1.54) is 0 Å². The van der Waals surface area contributed by atoms with Crippen molar-refractivity contribution in [3.8, 4) is 11.5 Å².